The number of carbonyl (C=O) groups excluding carboxylic acids is 1. The normalized spacial score (nSPS) is 16.3. The number of para-hydroxylation sites is 1. The number of sulfonamides is 1. The van der Waals surface area contributed by atoms with E-state index in [-0.39, 0.29) is 17.3 Å². The van der Waals surface area contributed by atoms with Crippen molar-refractivity contribution in [1.29, 1.82) is 0 Å². The van der Waals surface area contributed by atoms with Crippen LogP contribution in [0.1, 0.15) is 28.2 Å². The van der Waals surface area contributed by atoms with Crippen LogP contribution in [-0.2, 0) is 17.1 Å². The van der Waals surface area contributed by atoms with Gasteiger partial charge in [-0.2, -0.15) is 9.40 Å². The van der Waals surface area contributed by atoms with Gasteiger partial charge in [0, 0.05) is 50.3 Å². The third-order valence-electron chi connectivity index (χ3n) is 5.60. The van der Waals surface area contributed by atoms with Gasteiger partial charge in [0.25, 0.3) is 5.91 Å². The summed E-state index contributed by atoms with van der Waals surface area (Å²) in [5, 5.41) is 5.13. The number of fused-ring (bicyclic) bond motifs is 1. The van der Waals surface area contributed by atoms with Gasteiger partial charge in [0.15, 0.2) is 0 Å². The molecule has 1 saturated heterocycles. The van der Waals surface area contributed by atoms with E-state index in [1.54, 1.807) is 36.7 Å². The maximum absolute atomic E-state index is 13.2. The number of amides is 1. The highest BCUT2D eigenvalue weighted by Crippen LogP contribution is 2.25. The predicted molar refractivity (Wildman–Crippen MR) is 110 cm³/mol. The highest BCUT2D eigenvalue weighted by molar-refractivity contribution is 7.89. The molecular formula is C20H25N5O3S. The van der Waals surface area contributed by atoms with Gasteiger partial charge in [-0.3, -0.25) is 9.48 Å². The predicted octanol–water partition coefficient (Wildman–Crippen LogP) is 2.06. The molecule has 0 unspecified atom stereocenters. The molecule has 0 radical (unpaired) electrons. The average Bonchev–Trinajstić information content (AvgIpc) is 3.10. The number of hydrogen-bond donors (Lipinski definition) is 1. The molecule has 29 heavy (non-hydrogen) atoms. The summed E-state index contributed by atoms with van der Waals surface area (Å²) in [4.78, 5) is 18.2. The second-order valence-corrected chi connectivity index (χ2v) is 9.30. The lowest BCUT2D eigenvalue weighted by molar-refractivity contribution is 0.0766. The Bertz CT molecular complexity index is 1180. The van der Waals surface area contributed by atoms with Crippen LogP contribution in [0.25, 0.3) is 10.9 Å². The molecule has 4 rings (SSSR count). The Balaban J connectivity index is 1.56. The Labute approximate surface area is 170 Å². The molecule has 0 bridgehead atoms. The molecule has 3 aromatic rings. The molecule has 9 heteroatoms. The van der Waals surface area contributed by atoms with Crippen molar-refractivity contribution in [2.24, 2.45) is 7.05 Å². The monoisotopic (exact) mass is 415 g/mol. The van der Waals surface area contributed by atoms with Crippen LogP contribution in [0.15, 0.2) is 35.4 Å². The number of rotatable bonds is 3. The maximum atomic E-state index is 13.2. The van der Waals surface area contributed by atoms with Crippen LogP contribution >= 0.6 is 0 Å². The molecule has 0 saturated carbocycles. The summed E-state index contributed by atoms with van der Waals surface area (Å²) in [5.74, 6) is -0.0737. The van der Waals surface area contributed by atoms with E-state index in [1.165, 1.54) is 4.31 Å². The summed E-state index contributed by atoms with van der Waals surface area (Å²) >= 11 is 0. The van der Waals surface area contributed by atoms with Crippen LogP contribution in [0.2, 0.25) is 0 Å². The molecule has 3 heterocycles. The topological polar surface area (TPSA) is 91.3 Å². The van der Waals surface area contributed by atoms with Gasteiger partial charge in [0.05, 0.1) is 17.0 Å². The molecule has 0 spiro atoms. The standard InChI is InChI=1S/C20H25N5O3S/c1-14-19(15(2)23(3)22-14)29(27,28)25-10-6-9-24(11-12-25)20(26)17-13-21-18-8-5-4-7-16(17)18/h4-5,7-8,13,21H,6,9-12H2,1-3H3. The number of aryl methyl sites for hydroxylation is 2. The number of H-pyrrole nitrogens is 1. The Morgan fingerprint density at radius 3 is 2.59 bits per heavy atom. The number of carbonyl (C=O) groups is 1. The first-order valence-corrected chi connectivity index (χ1v) is 11.1. The molecule has 1 N–H and O–H groups in total. The van der Waals surface area contributed by atoms with Gasteiger partial charge in [-0.25, -0.2) is 8.42 Å². The zero-order valence-corrected chi connectivity index (χ0v) is 17.7. The molecule has 1 aliphatic heterocycles. The second-order valence-electron chi connectivity index (χ2n) is 7.42. The largest absolute Gasteiger partial charge is 0.360 e. The fraction of sp³-hybridized carbons (Fsp3) is 0.400. The Kier molecular flexibility index (Phi) is 4.95. The number of nitrogens with zero attached hydrogens (tertiary/aromatic N) is 4. The van der Waals surface area contributed by atoms with Crippen LogP contribution in [0, 0.1) is 13.8 Å². The highest BCUT2D eigenvalue weighted by Gasteiger charge is 2.33. The first-order chi connectivity index (χ1) is 13.8. The SMILES string of the molecule is Cc1nn(C)c(C)c1S(=O)(=O)N1CCCN(C(=O)c2c[nH]c3ccccc23)CC1. The maximum Gasteiger partial charge on any atom is 0.256 e. The van der Waals surface area contributed by atoms with Gasteiger partial charge in [-0.15, -0.1) is 0 Å². The fourth-order valence-electron chi connectivity index (χ4n) is 4.01. The quantitative estimate of drug-likeness (QED) is 0.709. The molecule has 154 valence electrons. The molecule has 1 aromatic carbocycles. The van der Waals surface area contributed by atoms with Crippen LogP contribution in [0.4, 0.5) is 0 Å². The van der Waals surface area contributed by atoms with E-state index in [0.29, 0.717) is 43.0 Å². The molecular weight excluding hydrogens is 390 g/mol. The number of aromatic nitrogens is 3. The molecule has 1 aliphatic rings. The van der Waals surface area contributed by atoms with Crippen molar-refractivity contribution in [2.45, 2.75) is 25.2 Å². The van der Waals surface area contributed by atoms with Gasteiger partial charge < -0.3 is 9.88 Å². The third kappa shape index (κ3) is 3.34. The summed E-state index contributed by atoms with van der Waals surface area (Å²) in [5.41, 5.74) is 2.66. The second kappa shape index (κ2) is 7.31. The van der Waals surface area contributed by atoms with Gasteiger partial charge in [-0.1, -0.05) is 18.2 Å². The fourth-order valence-corrected chi connectivity index (χ4v) is 5.88. The first kappa shape index (κ1) is 19.7. The van der Waals surface area contributed by atoms with Gasteiger partial charge in [0.2, 0.25) is 10.0 Å². The number of benzene rings is 1. The van der Waals surface area contributed by atoms with Crippen molar-refractivity contribution < 1.29 is 13.2 Å². The zero-order valence-electron chi connectivity index (χ0n) is 16.8. The first-order valence-electron chi connectivity index (χ1n) is 9.66. The van der Waals surface area contributed by atoms with E-state index in [9.17, 15) is 13.2 Å². The number of aromatic amines is 1. The zero-order chi connectivity index (χ0) is 20.8. The molecule has 0 atom stereocenters. The lowest BCUT2D eigenvalue weighted by Crippen LogP contribution is -2.37. The molecule has 1 amide bonds. The lowest BCUT2D eigenvalue weighted by Gasteiger charge is -2.22. The Morgan fingerprint density at radius 2 is 1.86 bits per heavy atom. The number of hydrogen-bond acceptors (Lipinski definition) is 4. The summed E-state index contributed by atoms with van der Waals surface area (Å²) in [7, 11) is -1.92. The van der Waals surface area contributed by atoms with Crippen molar-refractivity contribution in [3.8, 4) is 0 Å². The Morgan fingerprint density at radius 1 is 1.10 bits per heavy atom. The van der Waals surface area contributed by atoms with E-state index in [4.69, 9.17) is 0 Å². The molecule has 2 aromatic heterocycles. The van der Waals surface area contributed by atoms with Crippen LogP contribution in [0.5, 0.6) is 0 Å². The average molecular weight is 416 g/mol. The van der Waals surface area contributed by atoms with E-state index in [1.807, 2.05) is 24.3 Å². The summed E-state index contributed by atoms with van der Waals surface area (Å²) in [6, 6.07) is 7.68. The van der Waals surface area contributed by atoms with Crippen molar-refractivity contribution in [3.05, 3.63) is 47.4 Å². The minimum absolute atomic E-state index is 0.0737. The minimum Gasteiger partial charge on any atom is -0.360 e. The summed E-state index contributed by atoms with van der Waals surface area (Å²) in [6.07, 6.45) is 2.32. The van der Waals surface area contributed by atoms with E-state index in [2.05, 4.69) is 10.1 Å². The minimum atomic E-state index is -3.66. The molecule has 8 nitrogen and oxygen atoms in total. The lowest BCUT2D eigenvalue weighted by atomic mass is 10.1. The number of nitrogens with one attached hydrogen (secondary N) is 1. The van der Waals surface area contributed by atoms with Crippen LogP contribution < -0.4 is 0 Å². The van der Waals surface area contributed by atoms with Crippen molar-refractivity contribution in [1.82, 2.24) is 24.0 Å². The van der Waals surface area contributed by atoms with Crippen LogP contribution in [0.3, 0.4) is 0 Å². The third-order valence-corrected chi connectivity index (χ3v) is 7.75. The Hall–Kier alpha value is -2.65. The van der Waals surface area contributed by atoms with Crippen molar-refractivity contribution in [2.75, 3.05) is 26.2 Å². The summed E-state index contributed by atoms with van der Waals surface area (Å²) in [6.45, 7) is 5.01. The van der Waals surface area contributed by atoms with Gasteiger partial charge in [-0.05, 0) is 26.3 Å². The highest BCUT2D eigenvalue weighted by atomic mass is 32.2. The van der Waals surface area contributed by atoms with E-state index >= 15 is 0 Å². The van der Waals surface area contributed by atoms with Crippen molar-refractivity contribution >= 4 is 26.8 Å². The van der Waals surface area contributed by atoms with E-state index < -0.39 is 10.0 Å². The molecule has 0 aliphatic carbocycles. The van der Waals surface area contributed by atoms with Gasteiger partial charge >= 0.3 is 0 Å². The van der Waals surface area contributed by atoms with Gasteiger partial charge in [0.1, 0.15) is 4.90 Å². The van der Waals surface area contributed by atoms with Crippen LogP contribution in [-0.4, -0.2) is 64.5 Å². The van der Waals surface area contributed by atoms with E-state index in [0.717, 1.165) is 10.9 Å². The molecule has 1 fully saturated rings. The smallest absolute Gasteiger partial charge is 0.256 e. The van der Waals surface area contributed by atoms with Crippen molar-refractivity contribution in [3.63, 3.8) is 0 Å². The summed E-state index contributed by atoms with van der Waals surface area (Å²) < 4.78 is 29.5.